The first kappa shape index (κ1) is 17.7. The van der Waals surface area contributed by atoms with Crippen molar-refractivity contribution < 1.29 is 14.6 Å². The molecule has 4 N–H and O–H groups in total. The number of nitrogens with one attached hydrogen (secondary N) is 1. The fraction of sp³-hybridized carbons (Fsp3) is 0.353. The van der Waals surface area contributed by atoms with Gasteiger partial charge in [-0.05, 0) is 18.6 Å². The molecule has 26 heavy (non-hydrogen) atoms. The molecule has 9 heteroatoms. The van der Waals surface area contributed by atoms with E-state index in [1.807, 2.05) is 18.2 Å². The molecule has 0 aliphatic rings. The zero-order valence-electron chi connectivity index (χ0n) is 14.8. The second-order valence-electron chi connectivity index (χ2n) is 5.64. The van der Waals surface area contributed by atoms with Crippen LogP contribution in [0.4, 0.5) is 11.8 Å². The third-order valence-electron chi connectivity index (χ3n) is 3.91. The highest BCUT2D eigenvalue weighted by atomic mass is 16.5. The van der Waals surface area contributed by atoms with Gasteiger partial charge in [-0.2, -0.15) is 10.1 Å². The minimum Gasteiger partial charge on any atom is -0.496 e. The lowest BCUT2D eigenvalue weighted by atomic mass is 10.1. The lowest BCUT2D eigenvalue weighted by Crippen LogP contribution is -2.08. The summed E-state index contributed by atoms with van der Waals surface area (Å²) < 4.78 is 12.6. The van der Waals surface area contributed by atoms with Gasteiger partial charge in [-0.25, -0.2) is 4.98 Å². The molecule has 1 aromatic carbocycles. The molecule has 0 aliphatic heterocycles. The number of methoxy groups -OCH3 is 2. The van der Waals surface area contributed by atoms with Crippen molar-refractivity contribution in [3.8, 4) is 11.5 Å². The van der Waals surface area contributed by atoms with Crippen LogP contribution in [0.5, 0.6) is 11.5 Å². The summed E-state index contributed by atoms with van der Waals surface area (Å²) in [6.07, 6.45) is 2.40. The number of nitrogen functional groups attached to an aromatic ring is 1. The van der Waals surface area contributed by atoms with Gasteiger partial charge in [0.1, 0.15) is 17.0 Å². The summed E-state index contributed by atoms with van der Waals surface area (Å²) in [4.78, 5) is 8.45. The van der Waals surface area contributed by atoms with Crippen molar-refractivity contribution in [2.75, 3.05) is 38.4 Å². The Balaban J connectivity index is 1.96. The van der Waals surface area contributed by atoms with Crippen molar-refractivity contribution in [3.05, 3.63) is 30.0 Å². The molecule has 0 unspecified atom stereocenters. The van der Waals surface area contributed by atoms with Crippen molar-refractivity contribution in [1.82, 2.24) is 19.7 Å². The molecule has 0 bridgehead atoms. The van der Waals surface area contributed by atoms with Crippen LogP contribution in [0.1, 0.15) is 12.0 Å². The van der Waals surface area contributed by atoms with Crippen LogP contribution in [0.25, 0.3) is 11.0 Å². The third-order valence-corrected chi connectivity index (χ3v) is 3.91. The number of benzene rings is 1. The van der Waals surface area contributed by atoms with Crippen molar-refractivity contribution in [2.24, 2.45) is 0 Å². The van der Waals surface area contributed by atoms with E-state index >= 15 is 0 Å². The van der Waals surface area contributed by atoms with Crippen LogP contribution in [-0.4, -0.2) is 52.2 Å². The van der Waals surface area contributed by atoms with E-state index in [0.29, 0.717) is 36.4 Å². The molecule has 2 aromatic heterocycles. The molecule has 0 saturated heterocycles. The molecule has 2 heterocycles. The lowest BCUT2D eigenvalue weighted by molar-refractivity contribution is 0.292. The summed E-state index contributed by atoms with van der Waals surface area (Å²) in [7, 11) is 3.24. The van der Waals surface area contributed by atoms with Gasteiger partial charge in [0.05, 0.1) is 32.5 Å². The number of aliphatic hydroxyl groups is 1. The van der Waals surface area contributed by atoms with E-state index in [2.05, 4.69) is 20.4 Å². The highest BCUT2D eigenvalue weighted by Gasteiger charge is 2.14. The fourth-order valence-electron chi connectivity index (χ4n) is 2.71. The summed E-state index contributed by atoms with van der Waals surface area (Å²) in [5.74, 6) is 2.15. The van der Waals surface area contributed by atoms with E-state index < -0.39 is 0 Å². The second-order valence-corrected chi connectivity index (χ2v) is 5.64. The van der Waals surface area contributed by atoms with Crippen LogP contribution in [0.15, 0.2) is 24.4 Å². The highest BCUT2D eigenvalue weighted by molar-refractivity contribution is 5.85. The molecule has 0 aliphatic carbocycles. The van der Waals surface area contributed by atoms with Crippen molar-refractivity contribution >= 4 is 22.8 Å². The predicted molar refractivity (Wildman–Crippen MR) is 98.6 cm³/mol. The SMILES string of the molecule is COc1cccc(OC)c1Cn1cc2nc(N)nc(NCCCO)c2n1. The van der Waals surface area contributed by atoms with Gasteiger partial charge in [-0.15, -0.1) is 0 Å². The molecule has 3 rings (SSSR count). The highest BCUT2D eigenvalue weighted by Crippen LogP contribution is 2.29. The van der Waals surface area contributed by atoms with Gasteiger partial charge in [-0.3, -0.25) is 4.68 Å². The molecule has 0 amide bonds. The Morgan fingerprint density at radius 2 is 1.92 bits per heavy atom. The molecule has 3 aromatic rings. The van der Waals surface area contributed by atoms with E-state index in [-0.39, 0.29) is 12.6 Å². The van der Waals surface area contributed by atoms with Crippen LogP contribution in [0.3, 0.4) is 0 Å². The smallest absolute Gasteiger partial charge is 0.222 e. The minimum atomic E-state index is 0.0960. The van der Waals surface area contributed by atoms with Crippen molar-refractivity contribution in [1.29, 1.82) is 0 Å². The van der Waals surface area contributed by atoms with Gasteiger partial charge in [0.2, 0.25) is 5.95 Å². The maximum atomic E-state index is 8.94. The number of ether oxygens (including phenoxy) is 2. The van der Waals surface area contributed by atoms with Crippen LogP contribution in [-0.2, 0) is 6.54 Å². The lowest BCUT2D eigenvalue weighted by Gasteiger charge is -2.12. The second kappa shape index (κ2) is 7.87. The number of nitrogens with two attached hydrogens (primary N) is 1. The molecule has 138 valence electrons. The monoisotopic (exact) mass is 358 g/mol. The summed E-state index contributed by atoms with van der Waals surface area (Å²) in [5, 5.41) is 16.7. The number of anilines is 2. The number of hydrogen-bond acceptors (Lipinski definition) is 8. The number of hydrogen-bond donors (Lipinski definition) is 3. The topological polar surface area (TPSA) is 120 Å². The molecule has 0 fully saturated rings. The van der Waals surface area contributed by atoms with Crippen LogP contribution < -0.4 is 20.5 Å². The number of aliphatic hydroxyl groups excluding tert-OH is 1. The van der Waals surface area contributed by atoms with E-state index in [1.54, 1.807) is 25.1 Å². The zero-order valence-corrected chi connectivity index (χ0v) is 14.8. The zero-order chi connectivity index (χ0) is 18.5. The molecule has 0 radical (unpaired) electrons. The maximum Gasteiger partial charge on any atom is 0.222 e. The van der Waals surface area contributed by atoms with Crippen molar-refractivity contribution in [2.45, 2.75) is 13.0 Å². The maximum absolute atomic E-state index is 8.94. The molecule has 0 spiro atoms. The first-order chi connectivity index (χ1) is 12.7. The Bertz CT molecular complexity index is 873. The molecular formula is C17H22N6O3. The summed E-state index contributed by atoms with van der Waals surface area (Å²) in [5.41, 5.74) is 7.92. The number of aromatic nitrogens is 4. The Labute approximate surface area is 150 Å². The standard InChI is InChI=1S/C17H22N6O3/c1-25-13-5-3-6-14(26-2)11(13)9-23-10-12-15(22-23)16(19-7-4-8-24)21-17(18)20-12/h3,5-6,10,24H,4,7-9H2,1-2H3,(H3,18,19,20,21). The fourth-order valence-corrected chi connectivity index (χ4v) is 2.71. The first-order valence-corrected chi connectivity index (χ1v) is 8.21. The molecule has 9 nitrogen and oxygen atoms in total. The van der Waals surface area contributed by atoms with Gasteiger partial charge in [0.25, 0.3) is 0 Å². The average molecular weight is 358 g/mol. The van der Waals surface area contributed by atoms with E-state index in [9.17, 15) is 0 Å². The predicted octanol–water partition coefficient (Wildman–Crippen LogP) is 1.27. The largest absolute Gasteiger partial charge is 0.496 e. The quantitative estimate of drug-likeness (QED) is 0.515. The van der Waals surface area contributed by atoms with Crippen molar-refractivity contribution in [3.63, 3.8) is 0 Å². The molecule has 0 saturated carbocycles. The Morgan fingerprint density at radius 3 is 2.58 bits per heavy atom. The summed E-state index contributed by atoms with van der Waals surface area (Å²) in [6.45, 7) is 1.10. The van der Waals surface area contributed by atoms with Crippen LogP contribution >= 0.6 is 0 Å². The van der Waals surface area contributed by atoms with Gasteiger partial charge in [0, 0.05) is 13.2 Å². The summed E-state index contributed by atoms with van der Waals surface area (Å²) in [6, 6.07) is 5.62. The van der Waals surface area contributed by atoms with Crippen LogP contribution in [0, 0.1) is 0 Å². The Kier molecular flexibility index (Phi) is 5.37. The minimum absolute atomic E-state index is 0.0960. The van der Waals surface area contributed by atoms with E-state index in [4.69, 9.17) is 20.3 Å². The Hall–Kier alpha value is -3.07. The van der Waals surface area contributed by atoms with Gasteiger partial charge in [-0.1, -0.05) is 6.07 Å². The average Bonchev–Trinajstić information content (AvgIpc) is 3.04. The van der Waals surface area contributed by atoms with E-state index in [1.165, 1.54) is 0 Å². The Morgan fingerprint density at radius 1 is 1.19 bits per heavy atom. The number of fused-ring (bicyclic) bond motifs is 1. The van der Waals surface area contributed by atoms with E-state index in [0.717, 1.165) is 17.1 Å². The number of nitrogens with zero attached hydrogens (tertiary/aromatic N) is 4. The third kappa shape index (κ3) is 3.62. The van der Waals surface area contributed by atoms with Gasteiger partial charge < -0.3 is 25.6 Å². The first-order valence-electron chi connectivity index (χ1n) is 8.21. The van der Waals surface area contributed by atoms with Gasteiger partial charge in [0.15, 0.2) is 11.3 Å². The van der Waals surface area contributed by atoms with Gasteiger partial charge >= 0.3 is 0 Å². The number of rotatable bonds is 8. The van der Waals surface area contributed by atoms with Crippen LogP contribution in [0.2, 0.25) is 0 Å². The summed E-state index contributed by atoms with van der Waals surface area (Å²) >= 11 is 0. The molecular weight excluding hydrogens is 336 g/mol. The molecule has 0 atom stereocenters. The normalized spacial score (nSPS) is 10.9.